The van der Waals surface area contributed by atoms with E-state index in [-0.39, 0.29) is 18.0 Å². The zero-order valence-electron chi connectivity index (χ0n) is 15.4. The van der Waals surface area contributed by atoms with Gasteiger partial charge >= 0.3 is 5.97 Å². The maximum Gasteiger partial charge on any atom is 0.335 e. The van der Waals surface area contributed by atoms with Crippen LogP contribution in [0.4, 0.5) is 4.39 Å². The van der Waals surface area contributed by atoms with Gasteiger partial charge in [0, 0.05) is 32.6 Å². The molecule has 0 radical (unpaired) electrons. The van der Waals surface area contributed by atoms with Gasteiger partial charge in [0.1, 0.15) is 11.6 Å². The third-order valence-electron chi connectivity index (χ3n) is 4.13. The van der Waals surface area contributed by atoms with Crippen molar-refractivity contribution in [3.63, 3.8) is 0 Å². The number of halogens is 1. The fourth-order valence-corrected chi connectivity index (χ4v) is 2.83. The van der Waals surface area contributed by atoms with Crippen LogP contribution in [0.15, 0.2) is 48.8 Å². The molecule has 0 saturated carbocycles. The van der Waals surface area contributed by atoms with Crippen LogP contribution in [0, 0.1) is 5.82 Å². The van der Waals surface area contributed by atoms with Crippen molar-refractivity contribution in [3.8, 4) is 0 Å². The molecule has 0 unspecified atom stereocenters. The Labute approximate surface area is 161 Å². The number of carbonyl (C=O) groups is 1. The summed E-state index contributed by atoms with van der Waals surface area (Å²) in [5.41, 5.74) is 2.33. The predicted octanol–water partition coefficient (Wildman–Crippen LogP) is 2.60. The van der Waals surface area contributed by atoms with Crippen LogP contribution >= 0.6 is 0 Å². The summed E-state index contributed by atoms with van der Waals surface area (Å²) < 4.78 is 20.1. The number of aromatic carboxylic acids is 1. The molecular formula is C20H21FN4O3. The summed E-state index contributed by atoms with van der Waals surface area (Å²) in [6.07, 6.45) is 3.57. The summed E-state index contributed by atoms with van der Waals surface area (Å²) in [5.74, 6) is -0.452. The van der Waals surface area contributed by atoms with Crippen LogP contribution in [0.25, 0.3) is 0 Å². The van der Waals surface area contributed by atoms with Crippen LogP contribution in [0.1, 0.15) is 33.1 Å². The molecule has 2 aromatic heterocycles. The molecule has 0 aliphatic rings. The van der Waals surface area contributed by atoms with Crippen molar-refractivity contribution in [1.29, 1.82) is 0 Å². The van der Waals surface area contributed by atoms with Crippen molar-refractivity contribution in [2.75, 3.05) is 7.11 Å². The lowest BCUT2D eigenvalue weighted by atomic mass is 10.2. The molecule has 0 amide bonds. The average Bonchev–Trinajstić information content (AvgIpc) is 3.11. The highest BCUT2D eigenvalue weighted by Crippen LogP contribution is 2.10. The maximum absolute atomic E-state index is 13.0. The molecule has 0 aliphatic carbocycles. The number of aromatic nitrogens is 3. The van der Waals surface area contributed by atoms with E-state index in [2.05, 4.69) is 15.3 Å². The Bertz CT molecular complexity index is 941. The van der Waals surface area contributed by atoms with Crippen molar-refractivity contribution in [2.45, 2.75) is 26.2 Å². The molecule has 0 aliphatic heterocycles. The van der Waals surface area contributed by atoms with Crippen LogP contribution in [0.2, 0.25) is 0 Å². The third-order valence-corrected chi connectivity index (χ3v) is 4.13. The van der Waals surface area contributed by atoms with Crippen molar-refractivity contribution in [2.24, 2.45) is 0 Å². The van der Waals surface area contributed by atoms with Crippen LogP contribution in [0.5, 0.6) is 0 Å². The molecule has 3 aromatic rings. The maximum atomic E-state index is 13.0. The van der Waals surface area contributed by atoms with E-state index in [1.807, 2.05) is 10.8 Å². The number of benzene rings is 1. The minimum atomic E-state index is -1.00. The molecule has 2 heterocycles. The molecule has 0 saturated heterocycles. The Kier molecular flexibility index (Phi) is 6.46. The second kappa shape index (κ2) is 9.20. The Morgan fingerprint density at radius 2 is 1.96 bits per heavy atom. The van der Waals surface area contributed by atoms with Crippen LogP contribution in [-0.2, 0) is 31.0 Å². The first-order valence-corrected chi connectivity index (χ1v) is 8.72. The van der Waals surface area contributed by atoms with Gasteiger partial charge in [-0.3, -0.25) is 4.98 Å². The van der Waals surface area contributed by atoms with E-state index < -0.39 is 5.97 Å². The highest BCUT2D eigenvalue weighted by atomic mass is 19.1. The number of hydrogen-bond donors (Lipinski definition) is 2. The van der Waals surface area contributed by atoms with Crippen molar-refractivity contribution >= 4 is 5.97 Å². The number of imidazole rings is 1. The van der Waals surface area contributed by atoms with Crippen molar-refractivity contribution in [1.82, 2.24) is 19.9 Å². The number of rotatable bonds is 9. The second-order valence-corrected chi connectivity index (χ2v) is 6.28. The van der Waals surface area contributed by atoms with E-state index >= 15 is 0 Å². The van der Waals surface area contributed by atoms with Gasteiger partial charge in [-0.1, -0.05) is 12.1 Å². The van der Waals surface area contributed by atoms with E-state index in [9.17, 15) is 14.3 Å². The summed E-state index contributed by atoms with van der Waals surface area (Å²) in [7, 11) is 1.54. The SMILES string of the molecule is COCc1cc(C(=O)O)cc(CNCc2nccn2Cc2ccc(F)cc2)n1. The molecule has 0 bridgehead atoms. The summed E-state index contributed by atoms with van der Waals surface area (Å²) in [5, 5.41) is 12.5. The number of nitrogens with zero attached hydrogens (tertiary/aromatic N) is 3. The molecule has 0 spiro atoms. The first-order chi connectivity index (χ1) is 13.5. The van der Waals surface area contributed by atoms with Gasteiger partial charge in [0.25, 0.3) is 0 Å². The van der Waals surface area contributed by atoms with E-state index in [1.54, 1.807) is 24.4 Å². The van der Waals surface area contributed by atoms with E-state index in [4.69, 9.17) is 4.74 Å². The molecule has 28 heavy (non-hydrogen) atoms. The first-order valence-electron chi connectivity index (χ1n) is 8.72. The number of hydrogen-bond acceptors (Lipinski definition) is 5. The van der Waals surface area contributed by atoms with Gasteiger partial charge in [0.15, 0.2) is 0 Å². The van der Waals surface area contributed by atoms with Gasteiger partial charge in [0.05, 0.1) is 30.1 Å². The van der Waals surface area contributed by atoms with Gasteiger partial charge in [0.2, 0.25) is 0 Å². The molecule has 0 atom stereocenters. The first kappa shape index (κ1) is 19.7. The average molecular weight is 384 g/mol. The zero-order valence-corrected chi connectivity index (χ0v) is 15.4. The van der Waals surface area contributed by atoms with Gasteiger partial charge < -0.3 is 19.7 Å². The number of pyridine rings is 1. The summed E-state index contributed by atoms with van der Waals surface area (Å²) in [6.45, 7) is 1.70. The zero-order chi connectivity index (χ0) is 19.9. The van der Waals surface area contributed by atoms with Crippen LogP contribution < -0.4 is 5.32 Å². The number of nitrogens with one attached hydrogen (secondary N) is 1. The molecular weight excluding hydrogens is 363 g/mol. The summed E-state index contributed by atoms with van der Waals surface area (Å²) in [6, 6.07) is 9.40. The highest BCUT2D eigenvalue weighted by molar-refractivity contribution is 5.87. The quantitative estimate of drug-likeness (QED) is 0.590. The van der Waals surface area contributed by atoms with Gasteiger partial charge in [-0.05, 0) is 29.8 Å². The Balaban J connectivity index is 1.63. The van der Waals surface area contributed by atoms with Gasteiger partial charge in [-0.25, -0.2) is 14.2 Å². The summed E-state index contributed by atoms with van der Waals surface area (Å²) in [4.78, 5) is 20.0. The lowest BCUT2D eigenvalue weighted by molar-refractivity contribution is 0.0696. The Hall–Kier alpha value is -3.10. The fourth-order valence-electron chi connectivity index (χ4n) is 2.83. The lowest BCUT2D eigenvalue weighted by Gasteiger charge is -2.10. The number of carboxylic acids is 1. The Morgan fingerprint density at radius 1 is 1.21 bits per heavy atom. The largest absolute Gasteiger partial charge is 0.478 e. The van der Waals surface area contributed by atoms with E-state index in [0.717, 1.165) is 11.4 Å². The molecule has 3 rings (SSSR count). The third kappa shape index (κ3) is 5.21. The van der Waals surface area contributed by atoms with E-state index in [1.165, 1.54) is 25.3 Å². The minimum Gasteiger partial charge on any atom is -0.478 e. The van der Waals surface area contributed by atoms with Crippen molar-refractivity contribution < 1.29 is 19.0 Å². The number of ether oxygens (including phenoxy) is 1. The highest BCUT2D eigenvalue weighted by Gasteiger charge is 2.09. The molecule has 8 heteroatoms. The minimum absolute atomic E-state index is 0.177. The summed E-state index contributed by atoms with van der Waals surface area (Å²) >= 11 is 0. The number of carboxylic acid groups (broad SMARTS) is 1. The standard InChI is InChI=1S/C20H21FN4O3/c1-28-13-18-9-15(20(26)27)8-17(24-18)10-22-11-19-23-6-7-25(19)12-14-2-4-16(21)5-3-14/h2-9,22H,10-13H2,1H3,(H,26,27). The van der Waals surface area contributed by atoms with Crippen molar-refractivity contribution in [3.05, 3.63) is 82.9 Å². The molecule has 146 valence electrons. The lowest BCUT2D eigenvalue weighted by Crippen LogP contribution is -2.18. The topological polar surface area (TPSA) is 89.3 Å². The van der Waals surface area contributed by atoms with E-state index in [0.29, 0.717) is 31.0 Å². The smallest absolute Gasteiger partial charge is 0.335 e. The molecule has 2 N–H and O–H groups in total. The van der Waals surface area contributed by atoms with Crippen LogP contribution in [-0.4, -0.2) is 32.7 Å². The normalized spacial score (nSPS) is 10.9. The van der Waals surface area contributed by atoms with Crippen LogP contribution in [0.3, 0.4) is 0 Å². The van der Waals surface area contributed by atoms with Gasteiger partial charge in [-0.15, -0.1) is 0 Å². The predicted molar refractivity (Wildman–Crippen MR) is 100 cm³/mol. The molecule has 7 nitrogen and oxygen atoms in total. The molecule has 1 aromatic carbocycles. The molecule has 0 fully saturated rings. The Morgan fingerprint density at radius 3 is 2.68 bits per heavy atom. The second-order valence-electron chi connectivity index (χ2n) is 6.28. The monoisotopic (exact) mass is 384 g/mol. The number of methoxy groups -OCH3 is 1. The fraction of sp³-hybridized carbons (Fsp3) is 0.250. The van der Waals surface area contributed by atoms with Gasteiger partial charge in [-0.2, -0.15) is 0 Å².